The van der Waals surface area contributed by atoms with Crippen LogP contribution in [-0.4, -0.2) is 61.5 Å². The third-order valence-electron chi connectivity index (χ3n) is 6.35. The number of benzene rings is 2. The molecule has 2 aliphatic rings. The molecule has 0 bridgehead atoms. The molecule has 0 unspecified atom stereocenters. The monoisotopic (exact) mass is 464 g/mol. The van der Waals surface area contributed by atoms with Crippen LogP contribution in [0, 0.1) is 0 Å². The lowest BCUT2D eigenvalue weighted by atomic mass is 9.82. The molecule has 178 valence electrons. The third kappa shape index (κ3) is 3.37. The van der Waals surface area contributed by atoms with Crippen molar-refractivity contribution in [1.29, 1.82) is 0 Å². The van der Waals surface area contributed by atoms with Crippen molar-refractivity contribution in [3.05, 3.63) is 65.2 Å². The standard InChI is InChI=1S/C26H28N2O6/c1-4-14-27-20-9-6-5-8-19(20)26(25(27)32)21(22(29)17-10-12-18(34-3)13-11-17)23(30)24(31)28(26)15-7-16-33-2/h5-6,8-13,29H,4,7,14-16H2,1-3H3/t26-/m1/s1. The first-order valence-corrected chi connectivity index (χ1v) is 11.3. The molecule has 0 saturated carbocycles. The van der Waals surface area contributed by atoms with Crippen LogP contribution in [0.2, 0.25) is 0 Å². The van der Waals surface area contributed by atoms with Crippen molar-refractivity contribution in [3.8, 4) is 5.75 Å². The van der Waals surface area contributed by atoms with E-state index in [9.17, 15) is 19.5 Å². The smallest absolute Gasteiger partial charge is 0.296 e. The zero-order valence-electron chi connectivity index (χ0n) is 19.5. The molecule has 1 atom stereocenters. The summed E-state index contributed by atoms with van der Waals surface area (Å²) >= 11 is 0. The van der Waals surface area contributed by atoms with Gasteiger partial charge in [0.2, 0.25) is 0 Å². The van der Waals surface area contributed by atoms with Gasteiger partial charge in [-0.25, -0.2) is 0 Å². The Balaban J connectivity index is 2.00. The van der Waals surface area contributed by atoms with Crippen molar-refractivity contribution in [3.63, 3.8) is 0 Å². The maximum absolute atomic E-state index is 14.1. The van der Waals surface area contributed by atoms with E-state index in [0.29, 0.717) is 48.6 Å². The molecular formula is C26H28N2O6. The Morgan fingerprint density at radius 1 is 1.00 bits per heavy atom. The van der Waals surface area contributed by atoms with E-state index in [2.05, 4.69) is 0 Å². The number of hydrogen-bond acceptors (Lipinski definition) is 6. The van der Waals surface area contributed by atoms with Gasteiger partial charge in [0.1, 0.15) is 11.5 Å². The van der Waals surface area contributed by atoms with Gasteiger partial charge in [0.05, 0.1) is 18.4 Å². The Labute approximate surface area is 198 Å². The van der Waals surface area contributed by atoms with Crippen molar-refractivity contribution >= 4 is 29.0 Å². The van der Waals surface area contributed by atoms with Gasteiger partial charge in [0.25, 0.3) is 17.6 Å². The molecule has 0 aliphatic carbocycles. The van der Waals surface area contributed by atoms with Crippen molar-refractivity contribution in [2.45, 2.75) is 25.3 Å². The van der Waals surface area contributed by atoms with Gasteiger partial charge < -0.3 is 24.4 Å². The Morgan fingerprint density at radius 3 is 2.35 bits per heavy atom. The number of Topliss-reactive ketones (excluding diaryl/α,β-unsaturated/α-hetero) is 1. The van der Waals surface area contributed by atoms with E-state index < -0.39 is 28.9 Å². The molecule has 1 spiro atoms. The van der Waals surface area contributed by atoms with Crippen molar-refractivity contribution < 1.29 is 29.0 Å². The number of fused-ring (bicyclic) bond motifs is 2. The summed E-state index contributed by atoms with van der Waals surface area (Å²) in [7, 11) is 3.07. The van der Waals surface area contributed by atoms with Gasteiger partial charge >= 0.3 is 0 Å². The summed E-state index contributed by atoms with van der Waals surface area (Å²) in [5, 5.41) is 11.4. The topological polar surface area (TPSA) is 96.4 Å². The lowest BCUT2D eigenvalue weighted by molar-refractivity contribution is -0.143. The van der Waals surface area contributed by atoms with Crippen LogP contribution < -0.4 is 9.64 Å². The SMILES string of the molecule is CCCN1C(=O)[C@]2(C(=C(O)c3ccc(OC)cc3)C(=O)C(=O)N2CCCOC)c2ccccc21. The minimum atomic E-state index is -1.74. The second-order valence-electron chi connectivity index (χ2n) is 8.27. The predicted molar refractivity (Wildman–Crippen MR) is 127 cm³/mol. The minimum absolute atomic E-state index is 0.123. The number of nitrogens with zero attached hydrogens (tertiary/aromatic N) is 2. The second-order valence-corrected chi connectivity index (χ2v) is 8.27. The fourth-order valence-corrected chi connectivity index (χ4v) is 4.87. The number of carbonyl (C=O) groups excluding carboxylic acids is 3. The molecule has 0 aromatic heterocycles. The highest BCUT2D eigenvalue weighted by Crippen LogP contribution is 2.53. The van der Waals surface area contributed by atoms with E-state index in [4.69, 9.17) is 9.47 Å². The summed E-state index contributed by atoms with van der Waals surface area (Å²) < 4.78 is 10.3. The number of carbonyl (C=O) groups is 3. The number of aliphatic hydroxyl groups is 1. The van der Waals surface area contributed by atoms with Crippen LogP contribution in [0.15, 0.2) is 54.1 Å². The maximum atomic E-state index is 14.1. The third-order valence-corrected chi connectivity index (χ3v) is 6.35. The first-order chi connectivity index (χ1) is 16.4. The number of anilines is 1. The molecule has 1 fully saturated rings. The van der Waals surface area contributed by atoms with E-state index in [1.165, 1.54) is 12.0 Å². The van der Waals surface area contributed by atoms with Gasteiger partial charge in [0, 0.05) is 37.9 Å². The van der Waals surface area contributed by atoms with Crippen LogP contribution >= 0.6 is 0 Å². The first-order valence-electron chi connectivity index (χ1n) is 11.3. The molecule has 0 radical (unpaired) electrons. The van der Waals surface area contributed by atoms with Gasteiger partial charge in [-0.3, -0.25) is 14.4 Å². The molecular weight excluding hydrogens is 436 g/mol. The van der Waals surface area contributed by atoms with Gasteiger partial charge in [-0.05, 0) is 43.2 Å². The first kappa shape index (κ1) is 23.5. The van der Waals surface area contributed by atoms with E-state index in [1.54, 1.807) is 54.5 Å². The predicted octanol–water partition coefficient (Wildman–Crippen LogP) is 3.06. The Morgan fingerprint density at radius 2 is 1.71 bits per heavy atom. The van der Waals surface area contributed by atoms with E-state index in [-0.39, 0.29) is 12.1 Å². The van der Waals surface area contributed by atoms with E-state index in [1.807, 2.05) is 13.0 Å². The fourth-order valence-electron chi connectivity index (χ4n) is 4.87. The zero-order chi connectivity index (χ0) is 24.5. The van der Waals surface area contributed by atoms with Gasteiger partial charge in [0.15, 0.2) is 5.54 Å². The summed E-state index contributed by atoms with van der Waals surface area (Å²) in [5.74, 6) is -1.93. The van der Waals surface area contributed by atoms with Crippen LogP contribution in [0.4, 0.5) is 5.69 Å². The number of aliphatic hydroxyl groups excluding tert-OH is 1. The average Bonchev–Trinajstić information content (AvgIpc) is 3.23. The summed E-state index contributed by atoms with van der Waals surface area (Å²) in [6.07, 6.45) is 1.11. The number of rotatable bonds is 8. The lowest BCUT2D eigenvalue weighted by Crippen LogP contribution is -2.52. The number of methoxy groups -OCH3 is 2. The largest absolute Gasteiger partial charge is 0.507 e. The molecule has 2 heterocycles. The van der Waals surface area contributed by atoms with Crippen LogP contribution in [0.25, 0.3) is 5.76 Å². The fraction of sp³-hybridized carbons (Fsp3) is 0.346. The highest BCUT2D eigenvalue weighted by Gasteiger charge is 2.66. The molecule has 8 nitrogen and oxygen atoms in total. The molecule has 2 amide bonds. The molecule has 2 aromatic carbocycles. The average molecular weight is 465 g/mol. The van der Waals surface area contributed by atoms with E-state index >= 15 is 0 Å². The van der Waals surface area contributed by atoms with Crippen LogP contribution in [0.1, 0.15) is 30.9 Å². The zero-order valence-corrected chi connectivity index (χ0v) is 19.5. The number of ketones is 1. The number of likely N-dealkylation sites (tertiary alicyclic amines) is 1. The Bertz CT molecular complexity index is 1160. The molecule has 4 rings (SSSR count). The summed E-state index contributed by atoms with van der Waals surface area (Å²) in [5.41, 5.74) is -0.489. The van der Waals surface area contributed by atoms with Gasteiger partial charge in [-0.2, -0.15) is 0 Å². The number of para-hydroxylation sites is 1. The molecule has 1 N–H and O–H groups in total. The van der Waals surface area contributed by atoms with Crippen LogP contribution in [0.5, 0.6) is 5.75 Å². The molecule has 1 saturated heterocycles. The molecule has 34 heavy (non-hydrogen) atoms. The maximum Gasteiger partial charge on any atom is 0.296 e. The van der Waals surface area contributed by atoms with Crippen molar-refractivity contribution in [2.24, 2.45) is 0 Å². The Hall–Kier alpha value is -3.65. The quantitative estimate of drug-likeness (QED) is 0.279. The van der Waals surface area contributed by atoms with Crippen LogP contribution in [-0.2, 0) is 24.7 Å². The summed E-state index contributed by atoms with van der Waals surface area (Å²) in [6, 6.07) is 13.6. The van der Waals surface area contributed by atoms with Crippen molar-refractivity contribution in [2.75, 3.05) is 38.8 Å². The Kier molecular flexibility index (Phi) is 6.43. The summed E-state index contributed by atoms with van der Waals surface area (Å²) in [4.78, 5) is 43.8. The molecule has 2 aliphatic heterocycles. The highest BCUT2D eigenvalue weighted by molar-refractivity contribution is 6.50. The van der Waals surface area contributed by atoms with Crippen molar-refractivity contribution in [1.82, 2.24) is 4.90 Å². The number of hydrogen-bond donors (Lipinski definition) is 1. The van der Waals surface area contributed by atoms with Gasteiger partial charge in [-0.15, -0.1) is 0 Å². The normalized spacial score (nSPS) is 21.0. The number of ether oxygens (including phenoxy) is 2. The van der Waals surface area contributed by atoms with Crippen LogP contribution in [0.3, 0.4) is 0 Å². The lowest BCUT2D eigenvalue weighted by Gasteiger charge is -2.34. The number of amides is 2. The molecule has 8 heteroatoms. The van der Waals surface area contributed by atoms with Gasteiger partial charge in [-0.1, -0.05) is 25.1 Å². The molecule has 2 aromatic rings. The summed E-state index contributed by atoms with van der Waals surface area (Å²) in [6.45, 7) is 2.85. The second kappa shape index (κ2) is 9.30. The van der Waals surface area contributed by atoms with E-state index in [0.717, 1.165) is 0 Å². The highest BCUT2D eigenvalue weighted by atomic mass is 16.5. The minimum Gasteiger partial charge on any atom is -0.507 e.